The smallest absolute Gasteiger partial charge is 0.294 e. The van der Waals surface area contributed by atoms with E-state index < -0.39 is 0 Å². The normalized spacial score (nSPS) is 20.7. The van der Waals surface area contributed by atoms with E-state index >= 15 is 0 Å². The fourth-order valence-electron chi connectivity index (χ4n) is 3.04. The molecule has 25 heavy (non-hydrogen) atoms. The highest BCUT2D eigenvalue weighted by molar-refractivity contribution is 6.51. The highest BCUT2D eigenvalue weighted by Gasteiger charge is 2.24. The Kier molecular flexibility index (Phi) is 4.84. The molecular weight excluding hydrogens is 324 g/mol. The van der Waals surface area contributed by atoms with Crippen molar-refractivity contribution in [2.75, 3.05) is 26.0 Å². The molecule has 0 bridgehead atoms. The van der Waals surface area contributed by atoms with E-state index in [0.29, 0.717) is 36.1 Å². The number of rotatable bonds is 4. The Morgan fingerprint density at radius 3 is 2.72 bits per heavy atom. The molecule has 0 radical (unpaired) electrons. The minimum atomic E-state index is -0.232. The van der Waals surface area contributed by atoms with Gasteiger partial charge in [-0.25, -0.2) is 9.67 Å². The van der Waals surface area contributed by atoms with Gasteiger partial charge in [0.1, 0.15) is 5.76 Å². The van der Waals surface area contributed by atoms with Crippen LogP contribution in [0.15, 0.2) is 26.6 Å². The summed E-state index contributed by atoms with van der Waals surface area (Å²) < 4.78 is 8.68. The summed E-state index contributed by atoms with van der Waals surface area (Å²) in [4.78, 5) is 21.1. The first-order chi connectivity index (χ1) is 12.1. The number of aliphatic hydroxyl groups is 1. The molecule has 1 aromatic heterocycles. The van der Waals surface area contributed by atoms with Crippen molar-refractivity contribution in [3.8, 4) is 0 Å². The first kappa shape index (κ1) is 17.2. The van der Waals surface area contributed by atoms with E-state index in [0.717, 1.165) is 12.8 Å². The molecule has 0 fully saturated rings. The summed E-state index contributed by atoms with van der Waals surface area (Å²) in [5.41, 5.74) is 7.20. The van der Waals surface area contributed by atoms with E-state index in [4.69, 9.17) is 21.0 Å². The lowest BCUT2D eigenvalue weighted by molar-refractivity contribution is 0.303. The number of aliphatic hydroxyl groups excluding tert-OH is 1. The van der Waals surface area contributed by atoms with E-state index in [-0.39, 0.29) is 36.5 Å². The number of nitrogens with zero attached hydrogens (tertiary/aromatic N) is 4. The lowest BCUT2D eigenvalue weighted by atomic mass is 9.99. The van der Waals surface area contributed by atoms with Crippen LogP contribution < -0.4 is 11.3 Å². The van der Waals surface area contributed by atoms with Gasteiger partial charge in [0.15, 0.2) is 11.5 Å². The van der Waals surface area contributed by atoms with Crippen molar-refractivity contribution < 1.29 is 9.84 Å². The van der Waals surface area contributed by atoms with Crippen molar-refractivity contribution in [3.63, 3.8) is 0 Å². The standard InChI is InChI=1S/C16H22N6O3/c1-25-13-9-11(10(17)8-12(13)19-4-7-23)20-14-15(18)21-5-2-3-6-22(21)16(14)24/h9,17,23H,2-8,18H2,1H3. The van der Waals surface area contributed by atoms with Gasteiger partial charge in [-0.2, -0.15) is 0 Å². The van der Waals surface area contributed by atoms with Crippen molar-refractivity contribution in [3.05, 3.63) is 22.2 Å². The molecule has 9 heteroatoms. The molecule has 3 rings (SSSR count). The number of methoxy groups -OCH3 is 1. The second-order valence-corrected chi connectivity index (χ2v) is 5.91. The Balaban J connectivity index is 2.03. The number of aliphatic imine (C=N–C) groups is 2. The van der Waals surface area contributed by atoms with Crippen molar-refractivity contribution in [1.29, 1.82) is 5.41 Å². The summed E-state index contributed by atoms with van der Waals surface area (Å²) in [5.74, 6) is 0.808. The Bertz CT molecular complexity index is 843. The van der Waals surface area contributed by atoms with Crippen LogP contribution in [0.3, 0.4) is 0 Å². The summed E-state index contributed by atoms with van der Waals surface area (Å²) in [6, 6.07) is 0. The van der Waals surface area contributed by atoms with Gasteiger partial charge in [0.2, 0.25) is 0 Å². The predicted octanol–water partition coefficient (Wildman–Crippen LogP) is 0.485. The second kappa shape index (κ2) is 7.06. The Labute approximate surface area is 144 Å². The number of hydrogen-bond acceptors (Lipinski definition) is 7. The fraction of sp³-hybridized carbons (Fsp3) is 0.500. The number of fused-ring (bicyclic) bond motifs is 1. The van der Waals surface area contributed by atoms with E-state index in [2.05, 4.69) is 9.98 Å². The summed E-state index contributed by atoms with van der Waals surface area (Å²) in [7, 11) is 1.51. The lowest BCUT2D eigenvalue weighted by Gasteiger charge is -2.17. The van der Waals surface area contributed by atoms with Gasteiger partial charge in [0.25, 0.3) is 5.56 Å². The number of aromatic nitrogens is 2. The Morgan fingerprint density at radius 1 is 1.36 bits per heavy atom. The third kappa shape index (κ3) is 3.14. The van der Waals surface area contributed by atoms with Crippen LogP contribution in [0.1, 0.15) is 19.3 Å². The van der Waals surface area contributed by atoms with Crippen LogP contribution >= 0.6 is 0 Å². The van der Waals surface area contributed by atoms with Gasteiger partial charge >= 0.3 is 0 Å². The molecule has 1 aliphatic heterocycles. The Hall–Kier alpha value is -2.68. The molecule has 4 N–H and O–H groups in total. The van der Waals surface area contributed by atoms with Crippen molar-refractivity contribution in [2.24, 2.45) is 9.98 Å². The molecular formula is C16H22N6O3. The zero-order valence-corrected chi connectivity index (χ0v) is 14.2. The van der Waals surface area contributed by atoms with Gasteiger partial charge < -0.3 is 21.0 Å². The summed E-state index contributed by atoms with van der Waals surface area (Å²) in [6.45, 7) is 1.50. The molecule has 0 aromatic carbocycles. The summed E-state index contributed by atoms with van der Waals surface area (Å²) in [5, 5.41) is 17.1. The molecule has 0 saturated heterocycles. The van der Waals surface area contributed by atoms with E-state index in [9.17, 15) is 4.79 Å². The SMILES string of the molecule is COC1=CC(=Nc2c(N)n3n(c2=O)CCCC3)C(=N)CC1=NCCO. The van der Waals surface area contributed by atoms with E-state index in [1.807, 2.05) is 0 Å². The van der Waals surface area contributed by atoms with Gasteiger partial charge in [0.05, 0.1) is 37.4 Å². The van der Waals surface area contributed by atoms with Gasteiger partial charge in [-0.3, -0.25) is 14.5 Å². The van der Waals surface area contributed by atoms with E-state index in [1.54, 1.807) is 15.4 Å². The molecule has 0 atom stereocenters. The maximum absolute atomic E-state index is 12.6. The van der Waals surface area contributed by atoms with Crippen LogP contribution in [-0.2, 0) is 17.8 Å². The average Bonchev–Trinajstić information content (AvgIpc) is 2.87. The number of nitrogen functional groups attached to an aromatic ring is 1. The molecule has 2 heterocycles. The van der Waals surface area contributed by atoms with Crippen LogP contribution in [0.4, 0.5) is 11.5 Å². The minimum absolute atomic E-state index is 0.0711. The molecule has 0 saturated carbocycles. The number of allylic oxidation sites excluding steroid dienone is 2. The number of anilines is 1. The number of nitrogens with two attached hydrogens (primary N) is 1. The molecule has 0 spiro atoms. The highest BCUT2D eigenvalue weighted by Crippen LogP contribution is 2.23. The Morgan fingerprint density at radius 2 is 2.08 bits per heavy atom. The van der Waals surface area contributed by atoms with Crippen molar-refractivity contribution in [1.82, 2.24) is 9.36 Å². The highest BCUT2D eigenvalue weighted by atomic mass is 16.5. The van der Waals surface area contributed by atoms with Gasteiger partial charge in [-0.1, -0.05) is 0 Å². The molecule has 134 valence electrons. The van der Waals surface area contributed by atoms with Crippen molar-refractivity contribution >= 4 is 28.6 Å². The molecule has 1 aromatic rings. The van der Waals surface area contributed by atoms with Crippen LogP contribution in [0, 0.1) is 5.41 Å². The molecule has 9 nitrogen and oxygen atoms in total. The zero-order chi connectivity index (χ0) is 18.0. The number of nitrogens with one attached hydrogen (secondary N) is 1. The largest absolute Gasteiger partial charge is 0.495 e. The van der Waals surface area contributed by atoms with Crippen LogP contribution in [0.2, 0.25) is 0 Å². The summed E-state index contributed by atoms with van der Waals surface area (Å²) in [6.07, 6.45) is 3.73. The third-order valence-electron chi connectivity index (χ3n) is 4.30. The first-order valence-electron chi connectivity index (χ1n) is 8.22. The fourth-order valence-corrected chi connectivity index (χ4v) is 3.04. The molecule has 0 unspecified atom stereocenters. The van der Waals surface area contributed by atoms with Gasteiger partial charge in [-0.15, -0.1) is 0 Å². The minimum Gasteiger partial charge on any atom is -0.495 e. The number of hydrogen-bond donors (Lipinski definition) is 3. The lowest BCUT2D eigenvalue weighted by Crippen LogP contribution is -2.27. The maximum atomic E-state index is 12.6. The van der Waals surface area contributed by atoms with E-state index in [1.165, 1.54) is 7.11 Å². The second-order valence-electron chi connectivity index (χ2n) is 5.91. The summed E-state index contributed by atoms with van der Waals surface area (Å²) >= 11 is 0. The zero-order valence-electron chi connectivity index (χ0n) is 14.2. The van der Waals surface area contributed by atoms with Crippen LogP contribution in [-0.4, -0.2) is 51.9 Å². The maximum Gasteiger partial charge on any atom is 0.294 e. The molecule has 2 aliphatic rings. The third-order valence-corrected chi connectivity index (χ3v) is 4.30. The van der Waals surface area contributed by atoms with Gasteiger partial charge in [-0.05, 0) is 12.8 Å². The monoisotopic (exact) mass is 346 g/mol. The topological polar surface area (TPSA) is 131 Å². The van der Waals surface area contributed by atoms with Crippen molar-refractivity contribution in [2.45, 2.75) is 32.4 Å². The van der Waals surface area contributed by atoms with Crippen LogP contribution in [0.5, 0.6) is 0 Å². The first-order valence-corrected chi connectivity index (χ1v) is 8.22. The van der Waals surface area contributed by atoms with Crippen LogP contribution in [0.25, 0.3) is 0 Å². The molecule has 1 aliphatic carbocycles. The number of ether oxygens (including phenoxy) is 1. The average molecular weight is 346 g/mol. The predicted molar refractivity (Wildman–Crippen MR) is 96.3 cm³/mol. The molecule has 0 amide bonds. The van der Waals surface area contributed by atoms with Gasteiger partial charge in [0, 0.05) is 25.6 Å². The quantitative estimate of drug-likeness (QED) is 0.732.